The third-order valence-electron chi connectivity index (χ3n) is 5.19. The van der Waals surface area contributed by atoms with E-state index in [1.165, 1.54) is 11.1 Å². The Labute approximate surface area is 171 Å². The third-order valence-corrected chi connectivity index (χ3v) is 5.60. The third kappa shape index (κ3) is 3.61. The van der Waals surface area contributed by atoms with E-state index in [4.69, 9.17) is 12.6 Å². The highest BCUT2D eigenvalue weighted by Gasteiger charge is 2.24. The lowest BCUT2D eigenvalue weighted by Gasteiger charge is -2.25. The molecule has 4 rings (SSSR count). The molecule has 4 heteroatoms. The largest absolute Gasteiger partial charge is 0.256 e. The average Bonchev–Trinajstić information content (AvgIpc) is 2.66. The number of thiol groups is 1. The molecule has 1 atom stereocenters. The van der Waals surface area contributed by atoms with E-state index in [0.29, 0.717) is 0 Å². The SMILES string of the molecule is CC(C)(C)c1ncnc2ccc(CC(C)(S)c3ccc4cccnc4c3)cc12. The van der Waals surface area contributed by atoms with E-state index in [0.717, 1.165) is 33.9 Å². The van der Waals surface area contributed by atoms with E-state index < -0.39 is 0 Å². The molecule has 142 valence electrons. The molecule has 4 aromatic rings. The maximum Gasteiger partial charge on any atom is 0.116 e. The normalized spacial score (nSPS) is 14.3. The monoisotopic (exact) mass is 387 g/mol. The summed E-state index contributed by atoms with van der Waals surface area (Å²) in [6, 6.07) is 16.9. The van der Waals surface area contributed by atoms with Gasteiger partial charge in [0.05, 0.1) is 16.7 Å². The van der Waals surface area contributed by atoms with Gasteiger partial charge in [0.25, 0.3) is 0 Å². The number of aromatic nitrogens is 3. The number of nitrogens with zero attached hydrogens (tertiary/aromatic N) is 3. The molecule has 3 nitrogen and oxygen atoms in total. The second kappa shape index (κ2) is 6.85. The molecule has 0 radical (unpaired) electrons. The molecule has 2 aromatic carbocycles. The Morgan fingerprint density at radius 3 is 2.46 bits per heavy atom. The fourth-order valence-corrected chi connectivity index (χ4v) is 4.03. The smallest absolute Gasteiger partial charge is 0.116 e. The van der Waals surface area contributed by atoms with Crippen molar-refractivity contribution in [3.8, 4) is 0 Å². The number of benzene rings is 2. The van der Waals surface area contributed by atoms with Gasteiger partial charge in [0.15, 0.2) is 0 Å². The van der Waals surface area contributed by atoms with Crippen LogP contribution in [0.2, 0.25) is 0 Å². The van der Waals surface area contributed by atoms with Crippen LogP contribution in [-0.4, -0.2) is 15.0 Å². The van der Waals surface area contributed by atoms with Gasteiger partial charge < -0.3 is 0 Å². The first kappa shape index (κ1) is 18.9. The highest BCUT2D eigenvalue weighted by molar-refractivity contribution is 7.81. The molecule has 28 heavy (non-hydrogen) atoms. The van der Waals surface area contributed by atoms with Gasteiger partial charge in [-0.25, -0.2) is 9.97 Å². The van der Waals surface area contributed by atoms with Gasteiger partial charge in [-0.2, -0.15) is 12.6 Å². The van der Waals surface area contributed by atoms with Crippen LogP contribution in [0.25, 0.3) is 21.8 Å². The average molecular weight is 388 g/mol. The van der Waals surface area contributed by atoms with Crippen molar-refractivity contribution in [2.75, 3.05) is 0 Å². The molecule has 0 bridgehead atoms. The molecule has 0 aliphatic carbocycles. The van der Waals surface area contributed by atoms with Crippen molar-refractivity contribution in [3.05, 3.63) is 77.9 Å². The van der Waals surface area contributed by atoms with E-state index in [1.54, 1.807) is 6.33 Å². The lowest BCUT2D eigenvalue weighted by Crippen LogP contribution is -2.18. The number of pyridine rings is 1. The second-order valence-corrected chi connectivity index (χ2v) is 9.67. The summed E-state index contributed by atoms with van der Waals surface area (Å²) < 4.78 is -0.309. The number of hydrogen-bond donors (Lipinski definition) is 1. The van der Waals surface area contributed by atoms with Gasteiger partial charge in [-0.3, -0.25) is 4.98 Å². The summed E-state index contributed by atoms with van der Waals surface area (Å²) in [6.07, 6.45) is 4.30. The maximum atomic E-state index is 5.03. The summed E-state index contributed by atoms with van der Waals surface area (Å²) in [7, 11) is 0. The first-order valence-corrected chi connectivity index (χ1v) is 10.0. The van der Waals surface area contributed by atoms with Gasteiger partial charge in [-0.15, -0.1) is 0 Å². The Hall–Kier alpha value is -2.46. The molecule has 0 spiro atoms. The summed E-state index contributed by atoms with van der Waals surface area (Å²) in [4.78, 5) is 13.5. The minimum Gasteiger partial charge on any atom is -0.256 e. The molecule has 2 heterocycles. The second-order valence-electron chi connectivity index (χ2n) is 8.69. The summed E-state index contributed by atoms with van der Waals surface area (Å²) in [5.41, 5.74) is 5.43. The van der Waals surface area contributed by atoms with Crippen LogP contribution in [0.4, 0.5) is 0 Å². The van der Waals surface area contributed by atoms with Crippen LogP contribution in [-0.2, 0) is 16.6 Å². The van der Waals surface area contributed by atoms with Crippen molar-refractivity contribution in [2.45, 2.75) is 44.3 Å². The molecular weight excluding hydrogens is 362 g/mol. The number of fused-ring (bicyclic) bond motifs is 2. The van der Waals surface area contributed by atoms with E-state index in [2.05, 4.69) is 85.1 Å². The summed E-state index contributed by atoms with van der Waals surface area (Å²) in [6.45, 7) is 8.72. The molecule has 0 saturated heterocycles. The molecule has 0 aliphatic heterocycles. The summed E-state index contributed by atoms with van der Waals surface area (Å²) in [5, 5.41) is 2.27. The van der Waals surface area contributed by atoms with E-state index in [-0.39, 0.29) is 10.2 Å². The van der Waals surface area contributed by atoms with Crippen LogP contribution >= 0.6 is 12.6 Å². The molecule has 0 saturated carbocycles. The Morgan fingerprint density at radius 2 is 1.68 bits per heavy atom. The van der Waals surface area contributed by atoms with Gasteiger partial charge in [0, 0.05) is 27.1 Å². The summed E-state index contributed by atoms with van der Waals surface area (Å²) in [5.74, 6) is 0. The Kier molecular flexibility index (Phi) is 4.62. The van der Waals surface area contributed by atoms with Gasteiger partial charge in [-0.05, 0) is 48.7 Å². The fourth-order valence-electron chi connectivity index (χ4n) is 3.71. The Bertz CT molecular complexity index is 1160. The van der Waals surface area contributed by atoms with Crippen LogP contribution in [0.15, 0.2) is 61.1 Å². The highest BCUT2D eigenvalue weighted by atomic mass is 32.1. The number of hydrogen-bond acceptors (Lipinski definition) is 4. The Morgan fingerprint density at radius 1 is 0.857 bits per heavy atom. The van der Waals surface area contributed by atoms with Crippen molar-refractivity contribution >= 4 is 34.4 Å². The molecule has 0 amide bonds. The minimum absolute atomic E-state index is 0.0336. The lowest BCUT2D eigenvalue weighted by molar-refractivity contribution is 0.574. The predicted octanol–water partition coefficient (Wildman–Crippen LogP) is 5.86. The van der Waals surface area contributed by atoms with Crippen molar-refractivity contribution in [2.24, 2.45) is 0 Å². The first-order valence-electron chi connectivity index (χ1n) is 9.56. The summed E-state index contributed by atoms with van der Waals surface area (Å²) >= 11 is 5.03. The predicted molar refractivity (Wildman–Crippen MR) is 120 cm³/mol. The zero-order valence-electron chi connectivity index (χ0n) is 16.8. The topological polar surface area (TPSA) is 38.7 Å². The molecule has 2 aromatic heterocycles. The van der Waals surface area contributed by atoms with Crippen LogP contribution in [0.1, 0.15) is 44.5 Å². The van der Waals surface area contributed by atoms with Gasteiger partial charge >= 0.3 is 0 Å². The molecule has 0 aliphatic rings. The molecular formula is C24H25N3S. The van der Waals surface area contributed by atoms with Crippen molar-refractivity contribution in [1.29, 1.82) is 0 Å². The number of rotatable bonds is 3. The zero-order valence-corrected chi connectivity index (χ0v) is 17.7. The van der Waals surface area contributed by atoms with Crippen LogP contribution in [0.5, 0.6) is 0 Å². The standard InChI is InChI=1S/C24H25N3S/c1-23(2,3)22-19-12-16(7-10-20(19)26-15-27-22)14-24(4,28)18-9-8-17-6-5-11-25-21(17)13-18/h5-13,15,28H,14H2,1-4H3. The fraction of sp³-hybridized carbons (Fsp3) is 0.292. The van der Waals surface area contributed by atoms with Gasteiger partial charge in [-0.1, -0.05) is 45.0 Å². The van der Waals surface area contributed by atoms with Crippen molar-refractivity contribution < 1.29 is 0 Å². The highest BCUT2D eigenvalue weighted by Crippen LogP contribution is 2.35. The Balaban J connectivity index is 1.73. The van der Waals surface area contributed by atoms with E-state index in [1.807, 2.05) is 12.3 Å². The molecule has 0 N–H and O–H groups in total. The quantitative estimate of drug-likeness (QED) is 0.447. The van der Waals surface area contributed by atoms with Crippen LogP contribution in [0.3, 0.4) is 0 Å². The van der Waals surface area contributed by atoms with Crippen molar-refractivity contribution in [3.63, 3.8) is 0 Å². The minimum atomic E-state index is -0.309. The van der Waals surface area contributed by atoms with Gasteiger partial charge in [0.1, 0.15) is 6.33 Å². The van der Waals surface area contributed by atoms with E-state index in [9.17, 15) is 0 Å². The zero-order chi connectivity index (χ0) is 19.9. The first-order chi connectivity index (χ1) is 13.2. The van der Waals surface area contributed by atoms with Crippen molar-refractivity contribution in [1.82, 2.24) is 15.0 Å². The van der Waals surface area contributed by atoms with E-state index >= 15 is 0 Å². The van der Waals surface area contributed by atoms with Crippen LogP contribution < -0.4 is 0 Å². The molecule has 1 unspecified atom stereocenters. The lowest BCUT2D eigenvalue weighted by atomic mass is 9.87. The maximum absolute atomic E-state index is 5.03. The molecule has 0 fully saturated rings. The van der Waals surface area contributed by atoms with Crippen LogP contribution in [0, 0.1) is 0 Å². The van der Waals surface area contributed by atoms with Gasteiger partial charge in [0.2, 0.25) is 0 Å².